The van der Waals surface area contributed by atoms with E-state index in [0.717, 1.165) is 21.3 Å². The van der Waals surface area contributed by atoms with E-state index in [1.54, 1.807) is 23.1 Å². The highest BCUT2D eigenvalue weighted by atomic mass is 35.5. The maximum Gasteiger partial charge on any atom is 0.237 e. The summed E-state index contributed by atoms with van der Waals surface area (Å²) in [6.45, 7) is 3.93. The van der Waals surface area contributed by atoms with Crippen LogP contribution < -0.4 is 5.32 Å². The van der Waals surface area contributed by atoms with Crippen LogP contribution in [0, 0.1) is 6.92 Å². The van der Waals surface area contributed by atoms with Gasteiger partial charge in [0, 0.05) is 16.3 Å². The first-order chi connectivity index (χ1) is 9.54. The number of aryl methyl sites for hydroxylation is 1. The normalized spacial score (nSPS) is 12.2. The highest BCUT2D eigenvalue weighted by molar-refractivity contribution is 7.99. The fourth-order valence-corrected chi connectivity index (χ4v) is 3.72. The maximum absolute atomic E-state index is 12.1. The van der Waals surface area contributed by atoms with Gasteiger partial charge in [0.2, 0.25) is 5.91 Å². The molecule has 5 heteroatoms. The molecule has 0 bridgehead atoms. The van der Waals surface area contributed by atoms with Crippen LogP contribution in [0.3, 0.4) is 0 Å². The Kier molecular flexibility index (Phi) is 5.52. The summed E-state index contributed by atoms with van der Waals surface area (Å²) < 4.78 is 0.789. The molecule has 0 saturated heterocycles. The number of thiophene rings is 1. The predicted molar refractivity (Wildman–Crippen MR) is 89.9 cm³/mol. The van der Waals surface area contributed by atoms with Gasteiger partial charge in [0.1, 0.15) is 0 Å². The Bertz CT molecular complexity index is 597. The number of carbonyl (C=O) groups is 1. The standard InChI is InChI=1S/C15H16ClNOS2/c1-10-4-3-5-12(8-10)17-15(18)11(2)19-9-13-6-7-14(16)20-13/h3-8,11H,9H2,1-2H3,(H,17,18). The Morgan fingerprint density at radius 2 is 2.20 bits per heavy atom. The second-order valence-electron chi connectivity index (χ2n) is 4.52. The number of benzene rings is 1. The SMILES string of the molecule is Cc1cccc(NC(=O)C(C)SCc2ccc(Cl)s2)c1. The number of hydrogen-bond donors (Lipinski definition) is 1. The third-order valence-corrected chi connectivity index (χ3v) is 5.36. The fraction of sp³-hybridized carbons (Fsp3) is 0.267. The molecular formula is C15H16ClNOS2. The van der Waals surface area contributed by atoms with Crippen LogP contribution in [-0.2, 0) is 10.5 Å². The van der Waals surface area contributed by atoms with Gasteiger partial charge in [-0.1, -0.05) is 23.7 Å². The molecule has 0 aliphatic carbocycles. The molecule has 0 aliphatic rings. The number of anilines is 1. The largest absolute Gasteiger partial charge is 0.325 e. The van der Waals surface area contributed by atoms with Crippen molar-refractivity contribution in [1.29, 1.82) is 0 Å². The van der Waals surface area contributed by atoms with Crippen LogP contribution in [0.2, 0.25) is 4.34 Å². The molecular weight excluding hydrogens is 310 g/mol. The van der Waals surface area contributed by atoms with Gasteiger partial charge in [0.05, 0.1) is 9.59 Å². The lowest BCUT2D eigenvalue weighted by atomic mass is 10.2. The van der Waals surface area contributed by atoms with Crippen molar-refractivity contribution in [2.24, 2.45) is 0 Å². The number of carbonyl (C=O) groups excluding carboxylic acids is 1. The number of hydrogen-bond acceptors (Lipinski definition) is 3. The van der Waals surface area contributed by atoms with Gasteiger partial charge in [-0.05, 0) is 43.7 Å². The first-order valence-corrected chi connectivity index (χ1v) is 8.52. The second-order valence-corrected chi connectivity index (χ2v) is 7.65. The molecule has 1 heterocycles. The molecule has 0 radical (unpaired) electrons. The van der Waals surface area contributed by atoms with Crippen LogP contribution in [0.1, 0.15) is 17.4 Å². The van der Waals surface area contributed by atoms with E-state index in [1.165, 1.54) is 4.88 Å². The van der Waals surface area contributed by atoms with E-state index in [0.29, 0.717) is 0 Å². The van der Waals surface area contributed by atoms with Crippen molar-refractivity contribution in [2.45, 2.75) is 24.9 Å². The van der Waals surface area contributed by atoms with E-state index in [1.807, 2.05) is 50.2 Å². The average molecular weight is 326 g/mol. The van der Waals surface area contributed by atoms with Gasteiger partial charge in [-0.15, -0.1) is 23.1 Å². The molecule has 0 aliphatic heterocycles. The van der Waals surface area contributed by atoms with Gasteiger partial charge < -0.3 is 5.32 Å². The van der Waals surface area contributed by atoms with E-state index in [4.69, 9.17) is 11.6 Å². The van der Waals surface area contributed by atoms with Crippen LogP contribution in [0.4, 0.5) is 5.69 Å². The molecule has 20 heavy (non-hydrogen) atoms. The second kappa shape index (κ2) is 7.16. The Morgan fingerprint density at radius 1 is 1.40 bits per heavy atom. The number of thioether (sulfide) groups is 1. The third-order valence-electron chi connectivity index (χ3n) is 2.76. The smallest absolute Gasteiger partial charge is 0.237 e. The van der Waals surface area contributed by atoms with Crippen molar-refractivity contribution >= 4 is 46.3 Å². The topological polar surface area (TPSA) is 29.1 Å². The van der Waals surface area contributed by atoms with E-state index < -0.39 is 0 Å². The van der Waals surface area contributed by atoms with Gasteiger partial charge in [0.15, 0.2) is 0 Å². The van der Waals surface area contributed by atoms with E-state index in [9.17, 15) is 4.79 Å². The van der Waals surface area contributed by atoms with Gasteiger partial charge in [-0.25, -0.2) is 0 Å². The predicted octanol–water partition coefficient (Wildman–Crippen LogP) is 4.97. The Balaban J connectivity index is 1.85. The summed E-state index contributed by atoms with van der Waals surface area (Å²) in [5.74, 6) is 0.836. The minimum Gasteiger partial charge on any atom is -0.325 e. The van der Waals surface area contributed by atoms with Crippen molar-refractivity contribution in [3.8, 4) is 0 Å². The van der Waals surface area contributed by atoms with Crippen LogP contribution in [0.5, 0.6) is 0 Å². The third kappa shape index (κ3) is 4.54. The van der Waals surface area contributed by atoms with Crippen LogP contribution in [-0.4, -0.2) is 11.2 Å². The molecule has 1 unspecified atom stereocenters. The first-order valence-electron chi connectivity index (χ1n) is 6.28. The quantitative estimate of drug-likeness (QED) is 0.840. The lowest BCUT2D eigenvalue weighted by Gasteiger charge is -2.11. The summed E-state index contributed by atoms with van der Waals surface area (Å²) in [4.78, 5) is 13.3. The first kappa shape index (κ1) is 15.4. The number of amides is 1. The highest BCUT2D eigenvalue weighted by Crippen LogP contribution is 2.27. The summed E-state index contributed by atoms with van der Waals surface area (Å²) in [7, 11) is 0. The van der Waals surface area contributed by atoms with Gasteiger partial charge in [-0.3, -0.25) is 4.79 Å². The Labute approximate surface area is 132 Å². The molecule has 1 amide bonds. The molecule has 1 N–H and O–H groups in total. The molecule has 2 rings (SSSR count). The highest BCUT2D eigenvalue weighted by Gasteiger charge is 2.14. The number of rotatable bonds is 5. The maximum atomic E-state index is 12.1. The molecule has 2 nitrogen and oxygen atoms in total. The minimum atomic E-state index is -0.101. The van der Waals surface area contributed by atoms with Crippen molar-refractivity contribution in [3.63, 3.8) is 0 Å². The number of halogens is 1. The molecule has 1 atom stereocenters. The van der Waals surface area contributed by atoms with E-state index in [-0.39, 0.29) is 11.2 Å². The molecule has 0 saturated carbocycles. The average Bonchev–Trinajstić information content (AvgIpc) is 2.81. The van der Waals surface area contributed by atoms with Crippen LogP contribution in [0.25, 0.3) is 0 Å². The summed E-state index contributed by atoms with van der Waals surface area (Å²) in [6.07, 6.45) is 0. The van der Waals surface area contributed by atoms with E-state index >= 15 is 0 Å². The Hall–Kier alpha value is -0.970. The zero-order chi connectivity index (χ0) is 14.5. The molecule has 0 spiro atoms. The lowest BCUT2D eigenvalue weighted by molar-refractivity contribution is -0.115. The number of nitrogens with one attached hydrogen (secondary N) is 1. The zero-order valence-electron chi connectivity index (χ0n) is 11.4. The van der Waals surface area contributed by atoms with Crippen molar-refractivity contribution in [2.75, 3.05) is 5.32 Å². The lowest BCUT2D eigenvalue weighted by Crippen LogP contribution is -2.22. The summed E-state index contributed by atoms with van der Waals surface area (Å²) in [5, 5.41) is 2.84. The van der Waals surface area contributed by atoms with Gasteiger partial charge in [0.25, 0.3) is 0 Å². The van der Waals surface area contributed by atoms with Crippen LogP contribution in [0.15, 0.2) is 36.4 Å². The monoisotopic (exact) mass is 325 g/mol. The zero-order valence-corrected chi connectivity index (χ0v) is 13.7. The summed E-state index contributed by atoms with van der Waals surface area (Å²) >= 11 is 9.06. The molecule has 1 aromatic heterocycles. The minimum absolute atomic E-state index is 0.0308. The summed E-state index contributed by atoms with van der Waals surface area (Å²) in [5.41, 5.74) is 1.98. The molecule has 0 fully saturated rings. The van der Waals surface area contributed by atoms with Gasteiger partial charge >= 0.3 is 0 Å². The van der Waals surface area contributed by atoms with Gasteiger partial charge in [-0.2, -0.15) is 0 Å². The van der Waals surface area contributed by atoms with Crippen LogP contribution >= 0.6 is 34.7 Å². The van der Waals surface area contributed by atoms with Crippen molar-refractivity contribution < 1.29 is 4.79 Å². The van der Waals surface area contributed by atoms with Crippen molar-refractivity contribution in [1.82, 2.24) is 0 Å². The van der Waals surface area contributed by atoms with Crippen molar-refractivity contribution in [3.05, 3.63) is 51.2 Å². The summed E-state index contributed by atoms with van der Waals surface area (Å²) in [6, 6.07) is 11.7. The molecule has 1 aromatic carbocycles. The molecule has 2 aromatic rings. The molecule has 106 valence electrons. The Morgan fingerprint density at radius 3 is 2.85 bits per heavy atom. The van der Waals surface area contributed by atoms with E-state index in [2.05, 4.69) is 5.32 Å². The fourth-order valence-electron chi connectivity index (χ4n) is 1.68.